The van der Waals surface area contributed by atoms with Crippen molar-refractivity contribution < 1.29 is 0 Å². The summed E-state index contributed by atoms with van der Waals surface area (Å²) in [5, 5.41) is 5.31. The Kier molecular flexibility index (Phi) is 4.77. The van der Waals surface area contributed by atoms with Crippen LogP contribution in [0, 0.1) is 11.3 Å². The monoisotopic (exact) mass is 298 g/mol. The number of hydrogen-bond donors (Lipinski definition) is 2. The van der Waals surface area contributed by atoms with E-state index in [0.717, 1.165) is 29.3 Å². The first kappa shape index (κ1) is 15.8. The van der Waals surface area contributed by atoms with E-state index in [1.165, 1.54) is 19.3 Å². The molecular weight excluding hydrogens is 272 g/mol. The third-order valence-electron chi connectivity index (χ3n) is 4.96. The molecule has 1 heterocycles. The van der Waals surface area contributed by atoms with E-state index >= 15 is 0 Å². The van der Waals surface area contributed by atoms with Crippen LogP contribution < -0.4 is 11.3 Å². The predicted octanol–water partition coefficient (Wildman–Crippen LogP) is 2.84. The van der Waals surface area contributed by atoms with Gasteiger partial charge < -0.3 is 0 Å². The van der Waals surface area contributed by atoms with Crippen molar-refractivity contribution >= 4 is 11.6 Å². The van der Waals surface area contributed by atoms with Crippen LogP contribution in [0.15, 0.2) is 0 Å². The SMILES string of the molecule is CCc1nn(C)c(CC(NN)C2CCCC2(C)C)c1Cl. The summed E-state index contributed by atoms with van der Waals surface area (Å²) in [5.41, 5.74) is 5.44. The largest absolute Gasteiger partial charge is 0.271 e. The second-order valence-electron chi connectivity index (χ2n) is 6.65. The fourth-order valence-electron chi connectivity index (χ4n) is 3.67. The molecule has 1 aromatic rings. The minimum absolute atomic E-state index is 0.255. The summed E-state index contributed by atoms with van der Waals surface area (Å²) in [4.78, 5) is 0. The highest BCUT2D eigenvalue weighted by Crippen LogP contribution is 2.45. The van der Waals surface area contributed by atoms with Crippen molar-refractivity contribution in [3.05, 3.63) is 16.4 Å². The molecule has 0 aliphatic heterocycles. The van der Waals surface area contributed by atoms with Gasteiger partial charge in [0.1, 0.15) is 0 Å². The van der Waals surface area contributed by atoms with Crippen LogP contribution in [0.1, 0.15) is 51.4 Å². The molecule has 0 amide bonds. The zero-order valence-corrected chi connectivity index (χ0v) is 13.8. The maximum Gasteiger partial charge on any atom is 0.0850 e. The topological polar surface area (TPSA) is 55.9 Å². The maximum atomic E-state index is 6.46. The van der Waals surface area contributed by atoms with E-state index in [4.69, 9.17) is 17.4 Å². The molecular formula is C15H27ClN4. The third kappa shape index (κ3) is 2.87. The molecule has 1 aliphatic carbocycles. The van der Waals surface area contributed by atoms with Gasteiger partial charge in [-0.25, -0.2) is 0 Å². The second kappa shape index (κ2) is 6.04. The molecule has 2 rings (SSSR count). The van der Waals surface area contributed by atoms with Gasteiger partial charge in [-0.2, -0.15) is 5.10 Å². The molecule has 2 unspecified atom stereocenters. The quantitative estimate of drug-likeness (QED) is 0.649. The number of hydrogen-bond acceptors (Lipinski definition) is 3. The molecule has 0 aromatic carbocycles. The number of aryl methyl sites for hydroxylation is 2. The molecule has 0 bridgehead atoms. The van der Waals surface area contributed by atoms with Crippen molar-refractivity contribution in [1.29, 1.82) is 0 Å². The van der Waals surface area contributed by atoms with Gasteiger partial charge in [-0.05, 0) is 30.6 Å². The number of halogens is 1. The number of hydrazine groups is 1. The van der Waals surface area contributed by atoms with E-state index in [0.29, 0.717) is 11.3 Å². The highest BCUT2D eigenvalue weighted by molar-refractivity contribution is 6.31. The Balaban J connectivity index is 2.21. The minimum Gasteiger partial charge on any atom is -0.271 e. The summed E-state index contributed by atoms with van der Waals surface area (Å²) < 4.78 is 1.91. The van der Waals surface area contributed by atoms with Crippen molar-refractivity contribution in [1.82, 2.24) is 15.2 Å². The summed E-state index contributed by atoms with van der Waals surface area (Å²) in [6.07, 6.45) is 5.50. The Morgan fingerprint density at radius 1 is 1.55 bits per heavy atom. The lowest BCUT2D eigenvalue weighted by Gasteiger charge is -2.33. The first-order valence-corrected chi connectivity index (χ1v) is 7.94. The number of aromatic nitrogens is 2. The minimum atomic E-state index is 0.255. The zero-order valence-electron chi connectivity index (χ0n) is 13.0. The van der Waals surface area contributed by atoms with Crippen LogP contribution in [0.2, 0.25) is 5.02 Å². The van der Waals surface area contributed by atoms with Gasteiger partial charge in [-0.15, -0.1) is 0 Å². The summed E-state index contributed by atoms with van der Waals surface area (Å²) in [7, 11) is 1.97. The fraction of sp³-hybridized carbons (Fsp3) is 0.800. The molecule has 1 aliphatic rings. The van der Waals surface area contributed by atoms with Gasteiger partial charge >= 0.3 is 0 Å². The predicted molar refractivity (Wildman–Crippen MR) is 83.5 cm³/mol. The van der Waals surface area contributed by atoms with Gasteiger partial charge in [0.2, 0.25) is 0 Å². The lowest BCUT2D eigenvalue weighted by molar-refractivity contribution is 0.195. The Morgan fingerprint density at radius 3 is 2.70 bits per heavy atom. The molecule has 1 saturated carbocycles. The maximum absolute atomic E-state index is 6.46. The molecule has 1 aromatic heterocycles. The summed E-state index contributed by atoms with van der Waals surface area (Å²) in [6.45, 7) is 6.77. The highest BCUT2D eigenvalue weighted by atomic mass is 35.5. The van der Waals surface area contributed by atoms with Gasteiger partial charge in [0.05, 0.1) is 16.4 Å². The number of nitrogens with zero attached hydrogens (tertiary/aromatic N) is 2. The van der Waals surface area contributed by atoms with E-state index < -0.39 is 0 Å². The molecule has 20 heavy (non-hydrogen) atoms. The Labute approximate surface area is 127 Å². The average molecular weight is 299 g/mol. The summed E-state index contributed by atoms with van der Waals surface area (Å²) in [6, 6.07) is 0.255. The molecule has 0 radical (unpaired) electrons. The number of rotatable bonds is 5. The van der Waals surface area contributed by atoms with Crippen LogP contribution in [0.3, 0.4) is 0 Å². The van der Waals surface area contributed by atoms with Gasteiger partial charge in [0.15, 0.2) is 0 Å². The van der Waals surface area contributed by atoms with E-state index in [1.54, 1.807) is 0 Å². The highest BCUT2D eigenvalue weighted by Gasteiger charge is 2.39. The third-order valence-corrected chi connectivity index (χ3v) is 5.39. The Bertz CT molecular complexity index is 467. The van der Waals surface area contributed by atoms with E-state index in [1.807, 2.05) is 11.7 Å². The standard InChI is InChI=1S/C15H27ClN4/c1-5-11-14(16)13(20(4)19-11)9-12(18-17)10-7-6-8-15(10,2)3/h10,12,18H,5-9,17H2,1-4H3. The average Bonchev–Trinajstić information content (AvgIpc) is 2.88. The van der Waals surface area contributed by atoms with Crippen molar-refractivity contribution in [3.63, 3.8) is 0 Å². The molecule has 2 atom stereocenters. The van der Waals surface area contributed by atoms with Gasteiger partial charge in [-0.1, -0.05) is 38.8 Å². The number of nitrogens with two attached hydrogens (primary N) is 1. The van der Waals surface area contributed by atoms with Crippen LogP contribution >= 0.6 is 11.6 Å². The smallest absolute Gasteiger partial charge is 0.0850 e. The van der Waals surface area contributed by atoms with Gasteiger partial charge in [-0.3, -0.25) is 16.0 Å². The molecule has 1 fully saturated rings. The van der Waals surface area contributed by atoms with Gasteiger partial charge in [0, 0.05) is 19.5 Å². The van der Waals surface area contributed by atoms with Gasteiger partial charge in [0.25, 0.3) is 0 Å². The summed E-state index contributed by atoms with van der Waals surface area (Å²) >= 11 is 6.46. The van der Waals surface area contributed by atoms with Crippen LogP contribution in [-0.4, -0.2) is 15.8 Å². The van der Waals surface area contributed by atoms with Crippen molar-refractivity contribution in [2.24, 2.45) is 24.2 Å². The number of nitrogens with one attached hydrogen (secondary N) is 1. The van der Waals surface area contributed by atoms with E-state index in [9.17, 15) is 0 Å². The summed E-state index contributed by atoms with van der Waals surface area (Å²) in [5.74, 6) is 6.42. The lowest BCUT2D eigenvalue weighted by atomic mass is 9.76. The van der Waals surface area contributed by atoms with Crippen molar-refractivity contribution in [2.45, 2.75) is 58.9 Å². The van der Waals surface area contributed by atoms with Crippen LogP contribution in [0.25, 0.3) is 0 Å². The molecule has 3 N–H and O–H groups in total. The van der Waals surface area contributed by atoms with Crippen molar-refractivity contribution in [2.75, 3.05) is 0 Å². The normalized spacial score (nSPS) is 23.2. The first-order chi connectivity index (χ1) is 9.40. The molecule has 0 spiro atoms. The van der Waals surface area contributed by atoms with Crippen LogP contribution in [-0.2, 0) is 19.9 Å². The van der Waals surface area contributed by atoms with Crippen molar-refractivity contribution in [3.8, 4) is 0 Å². The first-order valence-electron chi connectivity index (χ1n) is 7.57. The van der Waals surface area contributed by atoms with E-state index in [-0.39, 0.29) is 6.04 Å². The molecule has 0 saturated heterocycles. The fourth-order valence-corrected chi connectivity index (χ4v) is 4.04. The van der Waals surface area contributed by atoms with Crippen LogP contribution in [0.5, 0.6) is 0 Å². The lowest BCUT2D eigenvalue weighted by Crippen LogP contribution is -2.46. The molecule has 5 heteroatoms. The molecule has 114 valence electrons. The Hall–Kier alpha value is -0.580. The van der Waals surface area contributed by atoms with Crippen LogP contribution in [0.4, 0.5) is 0 Å². The Morgan fingerprint density at radius 2 is 2.25 bits per heavy atom. The second-order valence-corrected chi connectivity index (χ2v) is 7.03. The van der Waals surface area contributed by atoms with E-state index in [2.05, 4.69) is 31.3 Å². The molecule has 4 nitrogen and oxygen atoms in total. The zero-order chi connectivity index (χ0) is 14.9.